The second kappa shape index (κ2) is 6.08. The highest BCUT2D eigenvalue weighted by Gasteiger charge is 2.14. The highest BCUT2D eigenvalue weighted by molar-refractivity contribution is 6.12. The lowest BCUT2D eigenvalue weighted by Crippen LogP contribution is -2.13. The number of hydrogen-bond donors (Lipinski definition) is 2. The Hall–Kier alpha value is -2.88. The van der Waals surface area contributed by atoms with E-state index in [0.717, 1.165) is 16.6 Å². The monoisotopic (exact) mass is 306 g/mol. The highest BCUT2D eigenvalue weighted by Crippen LogP contribution is 2.24. The van der Waals surface area contributed by atoms with Crippen LogP contribution in [0.3, 0.4) is 0 Å². The molecule has 116 valence electrons. The maximum atomic E-state index is 12.7. The quantitative estimate of drug-likeness (QED) is 0.757. The molecular formula is C19H18N2O2. The molecule has 0 fully saturated rings. The largest absolute Gasteiger partial charge is 0.508 e. The van der Waals surface area contributed by atoms with Gasteiger partial charge in [0, 0.05) is 22.8 Å². The van der Waals surface area contributed by atoms with E-state index in [1.165, 1.54) is 6.07 Å². The molecule has 3 aromatic rings. The number of carbonyl (C=O) groups is 1. The molecule has 0 bridgehead atoms. The summed E-state index contributed by atoms with van der Waals surface area (Å²) in [5, 5.41) is 13.2. The van der Waals surface area contributed by atoms with Crippen LogP contribution in [-0.4, -0.2) is 16.0 Å². The molecule has 0 aliphatic heterocycles. The average molecular weight is 306 g/mol. The molecule has 0 radical (unpaired) electrons. The Morgan fingerprint density at radius 1 is 1.09 bits per heavy atom. The van der Waals surface area contributed by atoms with E-state index >= 15 is 0 Å². The third kappa shape index (κ3) is 3.16. The Morgan fingerprint density at radius 2 is 1.87 bits per heavy atom. The molecular weight excluding hydrogens is 288 g/mol. The molecule has 2 N–H and O–H groups in total. The highest BCUT2D eigenvalue weighted by atomic mass is 16.3. The van der Waals surface area contributed by atoms with Gasteiger partial charge in [-0.2, -0.15) is 0 Å². The minimum Gasteiger partial charge on any atom is -0.508 e. The fourth-order valence-corrected chi connectivity index (χ4v) is 2.46. The lowest BCUT2D eigenvalue weighted by Gasteiger charge is -2.12. The standard InChI is InChI=1S/C19H18N2O2/c1-12(2)18-11-16(15-8-3-4-9-17(15)21-18)19(23)20-13-6-5-7-14(22)10-13/h3-12,22H,1-2H3,(H,20,23). The molecule has 3 rings (SSSR count). The minimum absolute atomic E-state index is 0.116. The Balaban J connectivity index is 2.05. The summed E-state index contributed by atoms with van der Waals surface area (Å²) < 4.78 is 0. The fourth-order valence-electron chi connectivity index (χ4n) is 2.46. The molecule has 0 aliphatic carbocycles. The van der Waals surface area contributed by atoms with Gasteiger partial charge in [0.25, 0.3) is 5.91 Å². The zero-order valence-corrected chi connectivity index (χ0v) is 13.1. The lowest BCUT2D eigenvalue weighted by molar-refractivity contribution is 0.102. The zero-order valence-electron chi connectivity index (χ0n) is 13.1. The summed E-state index contributed by atoms with van der Waals surface area (Å²) in [5.41, 5.74) is 2.83. The van der Waals surface area contributed by atoms with E-state index in [4.69, 9.17) is 0 Å². The SMILES string of the molecule is CC(C)c1cc(C(=O)Nc2cccc(O)c2)c2ccccc2n1. The maximum absolute atomic E-state index is 12.7. The van der Waals surface area contributed by atoms with Gasteiger partial charge in [0.15, 0.2) is 0 Å². The molecule has 0 unspecified atom stereocenters. The van der Waals surface area contributed by atoms with Crippen LogP contribution in [0.4, 0.5) is 5.69 Å². The second-order valence-corrected chi connectivity index (χ2v) is 5.77. The molecule has 1 heterocycles. The normalized spacial score (nSPS) is 10.9. The predicted octanol–water partition coefficient (Wildman–Crippen LogP) is 4.32. The van der Waals surface area contributed by atoms with Gasteiger partial charge in [-0.05, 0) is 30.2 Å². The van der Waals surface area contributed by atoms with Crippen molar-refractivity contribution in [2.24, 2.45) is 0 Å². The molecule has 23 heavy (non-hydrogen) atoms. The van der Waals surface area contributed by atoms with Crippen molar-refractivity contribution in [1.29, 1.82) is 0 Å². The Labute approximate surface area is 134 Å². The number of carbonyl (C=O) groups excluding carboxylic acids is 1. The van der Waals surface area contributed by atoms with Crippen molar-refractivity contribution in [3.8, 4) is 5.75 Å². The Kier molecular flexibility index (Phi) is 3.98. The number of nitrogens with one attached hydrogen (secondary N) is 1. The van der Waals surface area contributed by atoms with Crippen molar-refractivity contribution in [1.82, 2.24) is 4.98 Å². The number of pyridine rings is 1. The number of hydrogen-bond acceptors (Lipinski definition) is 3. The first-order chi connectivity index (χ1) is 11.0. The van der Waals surface area contributed by atoms with E-state index < -0.39 is 0 Å². The van der Waals surface area contributed by atoms with E-state index in [-0.39, 0.29) is 17.6 Å². The second-order valence-electron chi connectivity index (χ2n) is 5.77. The van der Waals surface area contributed by atoms with Crippen molar-refractivity contribution in [3.63, 3.8) is 0 Å². The molecule has 2 aromatic carbocycles. The van der Waals surface area contributed by atoms with E-state index in [9.17, 15) is 9.90 Å². The van der Waals surface area contributed by atoms with E-state index in [1.807, 2.05) is 44.2 Å². The van der Waals surface area contributed by atoms with Crippen LogP contribution in [0.25, 0.3) is 10.9 Å². The number of phenolic OH excluding ortho intramolecular Hbond substituents is 1. The number of fused-ring (bicyclic) bond motifs is 1. The summed E-state index contributed by atoms with van der Waals surface area (Å²) in [7, 11) is 0. The van der Waals surface area contributed by atoms with Gasteiger partial charge in [-0.15, -0.1) is 0 Å². The topological polar surface area (TPSA) is 62.2 Å². The zero-order chi connectivity index (χ0) is 16.4. The molecule has 0 aliphatic rings. The lowest BCUT2D eigenvalue weighted by atomic mass is 10.0. The number of amides is 1. The first-order valence-corrected chi connectivity index (χ1v) is 7.54. The summed E-state index contributed by atoms with van der Waals surface area (Å²) in [6.45, 7) is 4.10. The van der Waals surface area contributed by atoms with Crippen molar-refractivity contribution in [2.75, 3.05) is 5.32 Å². The van der Waals surface area contributed by atoms with E-state index in [0.29, 0.717) is 11.3 Å². The molecule has 1 amide bonds. The third-order valence-corrected chi connectivity index (χ3v) is 3.68. The number of rotatable bonds is 3. The predicted molar refractivity (Wildman–Crippen MR) is 91.9 cm³/mol. The van der Waals surface area contributed by atoms with Crippen LogP contribution in [0.15, 0.2) is 54.6 Å². The van der Waals surface area contributed by atoms with E-state index in [2.05, 4.69) is 10.3 Å². The molecule has 4 heteroatoms. The number of benzene rings is 2. The fraction of sp³-hybridized carbons (Fsp3) is 0.158. The molecule has 0 spiro atoms. The van der Waals surface area contributed by atoms with Gasteiger partial charge in [-0.3, -0.25) is 9.78 Å². The molecule has 4 nitrogen and oxygen atoms in total. The third-order valence-electron chi connectivity index (χ3n) is 3.68. The number of phenols is 1. The number of aromatic hydroxyl groups is 1. The number of aromatic nitrogens is 1. The number of para-hydroxylation sites is 1. The van der Waals surface area contributed by atoms with Gasteiger partial charge in [0.2, 0.25) is 0 Å². The van der Waals surface area contributed by atoms with Crippen molar-refractivity contribution >= 4 is 22.5 Å². The summed E-state index contributed by atoms with van der Waals surface area (Å²) in [5.74, 6) is 0.133. The van der Waals surface area contributed by atoms with Crippen molar-refractivity contribution in [3.05, 3.63) is 65.9 Å². The molecule has 1 aromatic heterocycles. The molecule has 0 saturated heterocycles. The van der Waals surface area contributed by atoms with Crippen LogP contribution in [0.1, 0.15) is 35.8 Å². The number of anilines is 1. The van der Waals surface area contributed by atoms with Crippen LogP contribution in [-0.2, 0) is 0 Å². The van der Waals surface area contributed by atoms with Gasteiger partial charge >= 0.3 is 0 Å². The van der Waals surface area contributed by atoms with Crippen LogP contribution < -0.4 is 5.32 Å². The van der Waals surface area contributed by atoms with Gasteiger partial charge in [-0.25, -0.2) is 0 Å². The number of nitrogens with zero attached hydrogens (tertiary/aromatic N) is 1. The van der Waals surface area contributed by atoms with Crippen molar-refractivity contribution in [2.45, 2.75) is 19.8 Å². The maximum Gasteiger partial charge on any atom is 0.256 e. The average Bonchev–Trinajstić information content (AvgIpc) is 2.53. The Bertz CT molecular complexity index is 872. The smallest absolute Gasteiger partial charge is 0.256 e. The van der Waals surface area contributed by atoms with Crippen LogP contribution in [0.5, 0.6) is 5.75 Å². The van der Waals surface area contributed by atoms with Crippen LogP contribution in [0.2, 0.25) is 0 Å². The first kappa shape index (κ1) is 15.0. The van der Waals surface area contributed by atoms with E-state index in [1.54, 1.807) is 18.2 Å². The van der Waals surface area contributed by atoms with Gasteiger partial charge in [-0.1, -0.05) is 38.1 Å². The molecule has 0 atom stereocenters. The summed E-state index contributed by atoms with van der Waals surface area (Å²) in [6.07, 6.45) is 0. The summed E-state index contributed by atoms with van der Waals surface area (Å²) in [6, 6.07) is 16.0. The molecule has 0 saturated carbocycles. The van der Waals surface area contributed by atoms with Crippen LogP contribution >= 0.6 is 0 Å². The van der Waals surface area contributed by atoms with Crippen molar-refractivity contribution < 1.29 is 9.90 Å². The Morgan fingerprint density at radius 3 is 2.61 bits per heavy atom. The summed E-state index contributed by atoms with van der Waals surface area (Å²) in [4.78, 5) is 17.3. The van der Waals surface area contributed by atoms with Crippen LogP contribution in [0, 0.1) is 0 Å². The van der Waals surface area contributed by atoms with Gasteiger partial charge in [0.05, 0.1) is 11.1 Å². The first-order valence-electron chi connectivity index (χ1n) is 7.54. The van der Waals surface area contributed by atoms with Gasteiger partial charge in [0.1, 0.15) is 5.75 Å². The van der Waals surface area contributed by atoms with Gasteiger partial charge < -0.3 is 10.4 Å². The minimum atomic E-state index is -0.212. The summed E-state index contributed by atoms with van der Waals surface area (Å²) >= 11 is 0.